The van der Waals surface area contributed by atoms with Crippen LogP contribution in [0.25, 0.3) is 0 Å². The van der Waals surface area contributed by atoms with Gasteiger partial charge in [0.25, 0.3) is 0 Å². The first kappa shape index (κ1) is 16.0. The molecule has 0 heterocycles. The van der Waals surface area contributed by atoms with E-state index in [-0.39, 0.29) is 5.54 Å². The maximum atomic E-state index is 6.65. The SMILES string of the molecule is CCCCCCC1(N)CCCC(C(C)(C)C)CC1. The predicted octanol–water partition coefficient (Wildman–Crippen LogP) is 5.28. The second kappa shape index (κ2) is 6.93. The molecule has 1 fully saturated rings. The Morgan fingerprint density at radius 1 is 1.06 bits per heavy atom. The summed E-state index contributed by atoms with van der Waals surface area (Å²) >= 11 is 0. The molecule has 0 saturated heterocycles. The zero-order valence-corrected chi connectivity index (χ0v) is 13.2. The van der Waals surface area contributed by atoms with Gasteiger partial charge in [-0.3, -0.25) is 0 Å². The predicted molar refractivity (Wildman–Crippen MR) is 81.7 cm³/mol. The molecule has 0 aromatic carbocycles. The third-order valence-electron chi connectivity index (χ3n) is 4.97. The lowest BCUT2D eigenvalue weighted by Crippen LogP contribution is -2.39. The summed E-state index contributed by atoms with van der Waals surface area (Å²) in [5, 5.41) is 0. The highest BCUT2D eigenvalue weighted by molar-refractivity contribution is 4.90. The van der Waals surface area contributed by atoms with Crippen LogP contribution in [-0.2, 0) is 0 Å². The molecule has 0 aliphatic heterocycles. The first-order valence-electron chi connectivity index (χ1n) is 8.16. The molecule has 1 saturated carbocycles. The summed E-state index contributed by atoms with van der Waals surface area (Å²) in [6.45, 7) is 9.45. The fraction of sp³-hybridized carbons (Fsp3) is 1.00. The van der Waals surface area contributed by atoms with Gasteiger partial charge in [-0.25, -0.2) is 0 Å². The Labute approximate surface area is 115 Å². The van der Waals surface area contributed by atoms with Crippen LogP contribution in [0, 0.1) is 11.3 Å². The van der Waals surface area contributed by atoms with Gasteiger partial charge in [-0.05, 0) is 43.4 Å². The average Bonchev–Trinajstić information content (AvgIpc) is 2.47. The monoisotopic (exact) mass is 253 g/mol. The van der Waals surface area contributed by atoms with Crippen LogP contribution in [-0.4, -0.2) is 5.54 Å². The van der Waals surface area contributed by atoms with Crippen LogP contribution in [0.3, 0.4) is 0 Å². The lowest BCUT2D eigenvalue weighted by molar-refractivity contribution is 0.209. The number of hydrogen-bond acceptors (Lipinski definition) is 1. The molecule has 0 spiro atoms. The smallest absolute Gasteiger partial charge is 0.0154 e. The van der Waals surface area contributed by atoms with Gasteiger partial charge in [-0.2, -0.15) is 0 Å². The highest BCUT2D eigenvalue weighted by Gasteiger charge is 2.33. The summed E-state index contributed by atoms with van der Waals surface area (Å²) in [6.07, 6.45) is 13.2. The Balaban J connectivity index is 2.39. The molecule has 2 atom stereocenters. The van der Waals surface area contributed by atoms with Crippen LogP contribution in [0.4, 0.5) is 0 Å². The molecular formula is C17H35N. The van der Waals surface area contributed by atoms with Gasteiger partial charge < -0.3 is 5.73 Å². The molecule has 0 amide bonds. The van der Waals surface area contributed by atoms with Crippen molar-refractivity contribution in [1.29, 1.82) is 0 Å². The van der Waals surface area contributed by atoms with Crippen molar-refractivity contribution in [3.05, 3.63) is 0 Å². The van der Waals surface area contributed by atoms with Gasteiger partial charge in [0.15, 0.2) is 0 Å². The third kappa shape index (κ3) is 5.30. The lowest BCUT2D eigenvalue weighted by Gasteiger charge is -2.31. The quantitative estimate of drug-likeness (QED) is 0.523. The number of nitrogens with two attached hydrogens (primary N) is 1. The van der Waals surface area contributed by atoms with E-state index in [2.05, 4.69) is 27.7 Å². The third-order valence-corrected chi connectivity index (χ3v) is 4.97. The van der Waals surface area contributed by atoms with Crippen molar-refractivity contribution < 1.29 is 0 Å². The highest BCUT2D eigenvalue weighted by atomic mass is 14.7. The van der Waals surface area contributed by atoms with E-state index in [4.69, 9.17) is 5.73 Å². The molecule has 1 heteroatoms. The van der Waals surface area contributed by atoms with Crippen molar-refractivity contribution in [1.82, 2.24) is 0 Å². The Bertz CT molecular complexity index is 228. The standard InChI is InChI=1S/C17H35N/c1-5-6-7-8-12-17(18)13-9-10-15(11-14-17)16(2,3)4/h15H,5-14,18H2,1-4H3. The molecule has 2 N–H and O–H groups in total. The summed E-state index contributed by atoms with van der Waals surface area (Å²) in [5.41, 5.74) is 7.27. The average molecular weight is 253 g/mol. The van der Waals surface area contributed by atoms with Crippen molar-refractivity contribution in [3.8, 4) is 0 Å². The topological polar surface area (TPSA) is 26.0 Å². The molecule has 1 aliphatic carbocycles. The minimum atomic E-state index is 0.160. The summed E-state index contributed by atoms with van der Waals surface area (Å²) in [4.78, 5) is 0. The second-order valence-electron chi connectivity index (χ2n) is 7.67. The van der Waals surface area contributed by atoms with E-state index in [0.29, 0.717) is 5.41 Å². The fourth-order valence-electron chi connectivity index (χ4n) is 3.45. The van der Waals surface area contributed by atoms with Gasteiger partial charge in [0, 0.05) is 5.54 Å². The van der Waals surface area contributed by atoms with Crippen LogP contribution < -0.4 is 5.73 Å². The molecule has 108 valence electrons. The van der Waals surface area contributed by atoms with Crippen LogP contribution >= 0.6 is 0 Å². The van der Waals surface area contributed by atoms with Crippen molar-refractivity contribution in [3.63, 3.8) is 0 Å². The second-order valence-corrected chi connectivity index (χ2v) is 7.67. The molecule has 0 aromatic heterocycles. The van der Waals surface area contributed by atoms with E-state index >= 15 is 0 Å². The normalized spacial score (nSPS) is 30.2. The largest absolute Gasteiger partial charge is 0.325 e. The van der Waals surface area contributed by atoms with Crippen molar-refractivity contribution >= 4 is 0 Å². The zero-order chi connectivity index (χ0) is 13.6. The zero-order valence-electron chi connectivity index (χ0n) is 13.2. The van der Waals surface area contributed by atoms with Gasteiger partial charge in [0.1, 0.15) is 0 Å². The molecule has 18 heavy (non-hydrogen) atoms. The Morgan fingerprint density at radius 2 is 1.78 bits per heavy atom. The van der Waals surface area contributed by atoms with Crippen molar-refractivity contribution in [2.75, 3.05) is 0 Å². The van der Waals surface area contributed by atoms with Crippen molar-refractivity contribution in [2.24, 2.45) is 17.1 Å². The Kier molecular flexibility index (Phi) is 6.17. The molecule has 2 unspecified atom stereocenters. The van der Waals surface area contributed by atoms with Crippen LogP contribution in [0.5, 0.6) is 0 Å². The van der Waals surface area contributed by atoms with Crippen LogP contribution in [0.2, 0.25) is 0 Å². The first-order chi connectivity index (χ1) is 8.37. The number of rotatable bonds is 5. The molecular weight excluding hydrogens is 218 g/mol. The highest BCUT2D eigenvalue weighted by Crippen LogP contribution is 2.40. The Morgan fingerprint density at radius 3 is 2.39 bits per heavy atom. The molecule has 0 bridgehead atoms. The van der Waals surface area contributed by atoms with Gasteiger partial charge in [0.05, 0.1) is 0 Å². The molecule has 1 aliphatic rings. The fourth-order valence-corrected chi connectivity index (χ4v) is 3.45. The summed E-state index contributed by atoms with van der Waals surface area (Å²) < 4.78 is 0. The van der Waals surface area contributed by atoms with E-state index in [0.717, 1.165) is 5.92 Å². The van der Waals surface area contributed by atoms with E-state index in [1.165, 1.54) is 64.2 Å². The summed E-state index contributed by atoms with van der Waals surface area (Å²) in [5.74, 6) is 0.874. The minimum Gasteiger partial charge on any atom is -0.325 e. The summed E-state index contributed by atoms with van der Waals surface area (Å²) in [6, 6.07) is 0. The van der Waals surface area contributed by atoms with Crippen LogP contribution in [0.15, 0.2) is 0 Å². The number of unbranched alkanes of at least 4 members (excludes halogenated alkanes) is 3. The molecule has 1 nitrogen and oxygen atoms in total. The van der Waals surface area contributed by atoms with E-state index in [1.807, 2.05) is 0 Å². The van der Waals surface area contributed by atoms with E-state index in [9.17, 15) is 0 Å². The van der Waals surface area contributed by atoms with Gasteiger partial charge in [-0.1, -0.05) is 59.8 Å². The molecule has 0 aromatic rings. The van der Waals surface area contributed by atoms with Crippen LogP contribution in [0.1, 0.15) is 91.9 Å². The van der Waals surface area contributed by atoms with E-state index in [1.54, 1.807) is 0 Å². The number of hydrogen-bond donors (Lipinski definition) is 1. The minimum absolute atomic E-state index is 0.160. The summed E-state index contributed by atoms with van der Waals surface area (Å²) in [7, 11) is 0. The van der Waals surface area contributed by atoms with E-state index < -0.39 is 0 Å². The molecule has 0 radical (unpaired) electrons. The van der Waals surface area contributed by atoms with Gasteiger partial charge in [0.2, 0.25) is 0 Å². The lowest BCUT2D eigenvalue weighted by atomic mass is 9.76. The van der Waals surface area contributed by atoms with Gasteiger partial charge in [-0.15, -0.1) is 0 Å². The maximum Gasteiger partial charge on any atom is 0.0154 e. The van der Waals surface area contributed by atoms with Gasteiger partial charge >= 0.3 is 0 Å². The maximum absolute atomic E-state index is 6.65. The van der Waals surface area contributed by atoms with Crippen molar-refractivity contribution in [2.45, 2.75) is 97.4 Å². The molecule has 1 rings (SSSR count). The first-order valence-corrected chi connectivity index (χ1v) is 8.16. The Hall–Kier alpha value is -0.0400.